The van der Waals surface area contributed by atoms with Gasteiger partial charge in [0.15, 0.2) is 0 Å². The molecule has 0 aromatic carbocycles. The molecule has 0 N–H and O–H groups in total. The highest BCUT2D eigenvalue weighted by molar-refractivity contribution is 7.10. The van der Waals surface area contributed by atoms with Gasteiger partial charge in [-0.2, -0.15) is 0 Å². The van der Waals surface area contributed by atoms with E-state index in [0.717, 1.165) is 13.0 Å². The molecule has 104 valence electrons. The summed E-state index contributed by atoms with van der Waals surface area (Å²) in [7, 11) is 0. The predicted octanol–water partition coefficient (Wildman–Crippen LogP) is 3.85. The summed E-state index contributed by atoms with van der Waals surface area (Å²) in [6.45, 7) is 4.76. The first-order valence-corrected chi connectivity index (χ1v) is 8.39. The summed E-state index contributed by atoms with van der Waals surface area (Å²) in [6, 6.07) is 2.53. The third-order valence-corrected chi connectivity index (χ3v) is 5.92. The molecular formula is C15H20ClNOS. The van der Waals surface area contributed by atoms with Crippen molar-refractivity contribution in [1.29, 1.82) is 0 Å². The highest BCUT2D eigenvalue weighted by Gasteiger charge is 2.44. The van der Waals surface area contributed by atoms with Crippen LogP contribution in [0.4, 0.5) is 0 Å². The Morgan fingerprint density at radius 1 is 1.53 bits per heavy atom. The van der Waals surface area contributed by atoms with E-state index < -0.39 is 5.41 Å². The van der Waals surface area contributed by atoms with Gasteiger partial charge in [0.1, 0.15) is 0 Å². The van der Waals surface area contributed by atoms with Crippen LogP contribution in [0.3, 0.4) is 0 Å². The zero-order valence-corrected chi connectivity index (χ0v) is 13.1. The fourth-order valence-corrected chi connectivity index (χ4v) is 3.97. The van der Waals surface area contributed by atoms with Crippen LogP contribution in [-0.2, 0) is 11.2 Å². The number of fused-ring (bicyclic) bond motifs is 1. The number of carbonyl (C=O) groups is 1. The number of hydrogen-bond donors (Lipinski definition) is 0. The van der Waals surface area contributed by atoms with Gasteiger partial charge >= 0.3 is 0 Å². The van der Waals surface area contributed by atoms with Crippen molar-refractivity contribution in [2.24, 2.45) is 11.3 Å². The zero-order valence-electron chi connectivity index (χ0n) is 11.5. The summed E-state index contributed by atoms with van der Waals surface area (Å²) < 4.78 is 0. The summed E-state index contributed by atoms with van der Waals surface area (Å²) in [5.74, 6) is 1.27. The molecule has 3 rings (SSSR count). The Labute approximate surface area is 123 Å². The van der Waals surface area contributed by atoms with Crippen LogP contribution in [0, 0.1) is 11.3 Å². The maximum Gasteiger partial charge on any atom is 0.229 e. The topological polar surface area (TPSA) is 20.3 Å². The minimum atomic E-state index is -0.456. The molecule has 0 spiro atoms. The monoisotopic (exact) mass is 297 g/mol. The lowest BCUT2D eigenvalue weighted by molar-refractivity contribution is -0.142. The van der Waals surface area contributed by atoms with Crippen molar-refractivity contribution < 1.29 is 4.79 Å². The molecule has 1 aromatic rings. The molecule has 1 atom stereocenters. The number of alkyl halides is 1. The average Bonchev–Trinajstić information content (AvgIpc) is 3.13. The number of carbonyl (C=O) groups excluding carboxylic acids is 1. The van der Waals surface area contributed by atoms with E-state index >= 15 is 0 Å². The molecule has 2 aliphatic rings. The predicted molar refractivity (Wildman–Crippen MR) is 79.7 cm³/mol. The Morgan fingerprint density at radius 3 is 2.89 bits per heavy atom. The third kappa shape index (κ3) is 2.31. The van der Waals surface area contributed by atoms with Crippen LogP contribution in [0.25, 0.3) is 0 Å². The molecule has 2 heterocycles. The van der Waals surface area contributed by atoms with Gasteiger partial charge < -0.3 is 4.90 Å². The molecule has 1 unspecified atom stereocenters. The molecular weight excluding hydrogens is 278 g/mol. The Hall–Kier alpha value is -0.540. The van der Waals surface area contributed by atoms with Gasteiger partial charge in [-0.15, -0.1) is 22.9 Å². The standard InChI is InChI=1S/C15H20ClNOS/c1-15(2,9-16)14(18)17-7-5-12-11(6-8-19-12)13(17)10-3-4-10/h6,8,10,13H,3-5,7,9H2,1-2H3. The van der Waals surface area contributed by atoms with E-state index in [-0.39, 0.29) is 5.91 Å². The average molecular weight is 298 g/mol. The quantitative estimate of drug-likeness (QED) is 0.776. The highest BCUT2D eigenvalue weighted by atomic mass is 35.5. The number of nitrogens with zero attached hydrogens (tertiary/aromatic N) is 1. The summed E-state index contributed by atoms with van der Waals surface area (Å²) in [5.41, 5.74) is 0.944. The van der Waals surface area contributed by atoms with Gasteiger partial charge in [-0.3, -0.25) is 4.79 Å². The Morgan fingerprint density at radius 2 is 2.26 bits per heavy atom. The van der Waals surface area contributed by atoms with E-state index in [0.29, 0.717) is 17.8 Å². The van der Waals surface area contributed by atoms with Crippen molar-refractivity contribution >= 4 is 28.8 Å². The van der Waals surface area contributed by atoms with E-state index in [2.05, 4.69) is 16.3 Å². The Balaban J connectivity index is 1.92. The highest BCUT2D eigenvalue weighted by Crippen LogP contribution is 2.49. The minimum Gasteiger partial charge on any atom is -0.334 e. The van der Waals surface area contributed by atoms with Crippen molar-refractivity contribution in [1.82, 2.24) is 4.90 Å². The molecule has 1 saturated carbocycles. The molecule has 0 radical (unpaired) electrons. The third-order valence-electron chi connectivity index (χ3n) is 4.26. The fraction of sp³-hybridized carbons (Fsp3) is 0.667. The van der Waals surface area contributed by atoms with E-state index in [1.54, 1.807) is 0 Å². The maximum atomic E-state index is 12.8. The van der Waals surface area contributed by atoms with Gasteiger partial charge in [-0.1, -0.05) is 0 Å². The minimum absolute atomic E-state index is 0.219. The molecule has 1 aliphatic heterocycles. The molecule has 4 heteroatoms. The number of thiophene rings is 1. The second-order valence-electron chi connectivity index (χ2n) is 6.35. The number of amides is 1. The lowest BCUT2D eigenvalue weighted by atomic mass is 9.89. The van der Waals surface area contributed by atoms with Crippen LogP contribution < -0.4 is 0 Å². The van der Waals surface area contributed by atoms with Gasteiger partial charge in [0.2, 0.25) is 5.91 Å². The SMILES string of the molecule is CC(C)(CCl)C(=O)N1CCc2sccc2C1C1CC1. The molecule has 2 nitrogen and oxygen atoms in total. The second-order valence-corrected chi connectivity index (χ2v) is 7.62. The normalized spacial score (nSPS) is 23.3. The van der Waals surface area contributed by atoms with Crippen LogP contribution in [0.15, 0.2) is 11.4 Å². The first-order chi connectivity index (χ1) is 9.04. The van der Waals surface area contributed by atoms with Crippen LogP contribution in [0.5, 0.6) is 0 Å². The van der Waals surface area contributed by atoms with Gasteiger partial charge in [-0.25, -0.2) is 0 Å². The number of rotatable bonds is 3. The summed E-state index contributed by atoms with van der Waals surface area (Å²) >= 11 is 7.82. The van der Waals surface area contributed by atoms with Crippen molar-refractivity contribution in [3.05, 3.63) is 21.9 Å². The molecule has 19 heavy (non-hydrogen) atoms. The fourth-order valence-electron chi connectivity index (χ4n) is 2.94. The summed E-state index contributed by atoms with van der Waals surface area (Å²) in [6.07, 6.45) is 3.51. The first-order valence-electron chi connectivity index (χ1n) is 6.98. The van der Waals surface area contributed by atoms with Crippen LogP contribution in [-0.4, -0.2) is 23.2 Å². The molecule has 1 amide bonds. The van der Waals surface area contributed by atoms with Gasteiger partial charge in [0, 0.05) is 17.3 Å². The molecule has 1 aliphatic carbocycles. The van der Waals surface area contributed by atoms with Crippen LogP contribution in [0.2, 0.25) is 0 Å². The van der Waals surface area contributed by atoms with E-state index in [1.807, 2.05) is 25.2 Å². The lowest BCUT2D eigenvalue weighted by Gasteiger charge is -2.40. The molecule has 1 fully saturated rings. The largest absolute Gasteiger partial charge is 0.334 e. The van der Waals surface area contributed by atoms with Crippen molar-refractivity contribution in [3.8, 4) is 0 Å². The second kappa shape index (κ2) is 4.78. The van der Waals surface area contributed by atoms with Gasteiger partial charge in [-0.05, 0) is 56.0 Å². The smallest absolute Gasteiger partial charge is 0.229 e. The molecule has 1 aromatic heterocycles. The maximum absolute atomic E-state index is 12.8. The summed E-state index contributed by atoms with van der Waals surface area (Å²) in [4.78, 5) is 16.4. The summed E-state index contributed by atoms with van der Waals surface area (Å²) in [5, 5.41) is 2.17. The molecule has 0 bridgehead atoms. The van der Waals surface area contributed by atoms with E-state index in [9.17, 15) is 4.79 Å². The zero-order chi connectivity index (χ0) is 13.6. The number of halogens is 1. The van der Waals surface area contributed by atoms with Crippen LogP contribution >= 0.6 is 22.9 Å². The van der Waals surface area contributed by atoms with Crippen molar-refractivity contribution in [3.63, 3.8) is 0 Å². The Kier molecular flexibility index (Phi) is 3.38. The lowest BCUT2D eigenvalue weighted by Crippen LogP contribution is -2.47. The van der Waals surface area contributed by atoms with Crippen molar-refractivity contribution in [2.75, 3.05) is 12.4 Å². The van der Waals surface area contributed by atoms with E-state index in [1.165, 1.54) is 23.3 Å². The first kappa shape index (κ1) is 13.4. The van der Waals surface area contributed by atoms with Gasteiger partial charge in [0.25, 0.3) is 0 Å². The number of hydrogen-bond acceptors (Lipinski definition) is 2. The van der Waals surface area contributed by atoms with Crippen LogP contribution in [0.1, 0.15) is 43.2 Å². The molecule has 0 saturated heterocycles. The van der Waals surface area contributed by atoms with Gasteiger partial charge in [0.05, 0.1) is 11.5 Å². The van der Waals surface area contributed by atoms with E-state index in [4.69, 9.17) is 11.6 Å². The van der Waals surface area contributed by atoms with Crippen molar-refractivity contribution in [2.45, 2.75) is 39.2 Å². The Bertz CT molecular complexity index is 492.